The van der Waals surface area contributed by atoms with Crippen LogP contribution in [0, 0.1) is 6.92 Å². The number of aliphatic hydroxyl groups excluding tert-OH is 1. The van der Waals surface area contributed by atoms with Gasteiger partial charge in [-0.2, -0.15) is 5.10 Å². The summed E-state index contributed by atoms with van der Waals surface area (Å²) < 4.78 is 1.91. The summed E-state index contributed by atoms with van der Waals surface area (Å²) in [6.07, 6.45) is 1.28. The summed E-state index contributed by atoms with van der Waals surface area (Å²) in [6, 6.07) is 16.9. The van der Waals surface area contributed by atoms with Gasteiger partial charge in [0.15, 0.2) is 0 Å². The first-order chi connectivity index (χ1) is 14.5. The highest BCUT2D eigenvalue weighted by Crippen LogP contribution is 2.41. The minimum Gasteiger partial charge on any atom is -0.511 e. The second kappa shape index (κ2) is 8.24. The van der Waals surface area contributed by atoms with Gasteiger partial charge in [-0.15, -0.1) is 0 Å². The lowest BCUT2D eigenvalue weighted by Gasteiger charge is -2.19. The molecule has 0 saturated heterocycles. The molecule has 0 atom stereocenters. The second-order valence-corrected chi connectivity index (χ2v) is 8.01. The lowest BCUT2D eigenvalue weighted by Crippen LogP contribution is -2.06. The Morgan fingerprint density at radius 3 is 2.57 bits per heavy atom. The molecule has 2 N–H and O–H groups in total. The van der Waals surface area contributed by atoms with Crippen molar-refractivity contribution >= 4 is 22.8 Å². The molecule has 0 fully saturated rings. The van der Waals surface area contributed by atoms with Gasteiger partial charge in [0.1, 0.15) is 10.8 Å². The van der Waals surface area contributed by atoms with Gasteiger partial charge < -0.3 is 10.2 Å². The molecular weight excluding hydrogens is 396 g/mol. The summed E-state index contributed by atoms with van der Waals surface area (Å²) >= 11 is 1.45. The van der Waals surface area contributed by atoms with Crippen molar-refractivity contribution in [2.24, 2.45) is 0 Å². The predicted octanol–water partition coefficient (Wildman–Crippen LogP) is 6.34. The molecule has 1 aromatic heterocycles. The summed E-state index contributed by atoms with van der Waals surface area (Å²) in [4.78, 5) is 11.5. The lowest BCUT2D eigenvalue weighted by molar-refractivity contribution is 0.0697. The van der Waals surface area contributed by atoms with Crippen LogP contribution in [-0.4, -0.2) is 26.0 Å². The molecule has 0 aliphatic carbocycles. The van der Waals surface area contributed by atoms with Crippen molar-refractivity contribution < 1.29 is 15.0 Å². The molecule has 2 aromatic carbocycles. The van der Waals surface area contributed by atoms with Crippen LogP contribution in [0.4, 0.5) is 0 Å². The zero-order chi connectivity index (χ0) is 21.3. The highest BCUT2D eigenvalue weighted by Gasteiger charge is 2.24. The fourth-order valence-electron chi connectivity index (χ4n) is 3.67. The van der Waals surface area contributed by atoms with Crippen molar-refractivity contribution in [3.05, 3.63) is 82.5 Å². The number of aromatic nitrogens is 2. The Balaban J connectivity index is 1.98. The summed E-state index contributed by atoms with van der Waals surface area (Å²) in [6.45, 7) is 4.08. The molecule has 0 unspecified atom stereocenters. The number of hydrogen-bond donors (Lipinski definition) is 2. The van der Waals surface area contributed by atoms with E-state index in [0.717, 1.165) is 45.1 Å². The molecule has 30 heavy (non-hydrogen) atoms. The van der Waals surface area contributed by atoms with Crippen LogP contribution in [0.2, 0.25) is 0 Å². The molecule has 0 spiro atoms. The first kappa shape index (κ1) is 20.0. The fourth-order valence-corrected chi connectivity index (χ4v) is 4.62. The molecule has 0 bridgehead atoms. The largest absolute Gasteiger partial charge is 0.511 e. The van der Waals surface area contributed by atoms with E-state index in [1.165, 1.54) is 11.8 Å². The number of thioether (sulfide) groups is 1. The smallest absolute Gasteiger partial charge is 0.335 e. The summed E-state index contributed by atoms with van der Waals surface area (Å²) in [7, 11) is 0. The van der Waals surface area contributed by atoms with Crippen LogP contribution in [-0.2, 0) is 0 Å². The molecule has 0 saturated carbocycles. The topological polar surface area (TPSA) is 75.4 Å². The van der Waals surface area contributed by atoms with E-state index in [9.17, 15) is 15.0 Å². The molecule has 6 heteroatoms. The zero-order valence-corrected chi connectivity index (χ0v) is 17.6. The van der Waals surface area contributed by atoms with E-state index in [0.29, 0.717) is 12.2 Å². The molecule has 1 aliphatic heterocycles. The molecule has 152 valence electrons. The van der Waals surface area contributed by atoms with Gasteiger partial charge in [-0.1, -0.05) is 61.2 Å². The van der Waals surface area contributed by atoms with Gasteiger partial charge in [-0.05, 0) is 31.1 Å². The number of rotatable bonds is 5. The Bertz CT molecular complexity index is 1180. The van der Waals surface area contributed by atoms with Crippen LogP contribution in [0.1, 0.15) is 35.7 Å². The van der Waals surface area contributed by atoms with E-state index in [1.807, 2.05) is 48.0 Å². The quantitative estimate of drug-likeness (QED) is 0.506. The van der Waals surface area contributed by atoms with Crippen molar-refractivity contribution in [1.29, 1.82) is 0 Å². The maximum Gasteiger partial charge on any atom is 0.335 e. The zero-order valence-electron chi connectivity index (χ0n) is 16.8. The standard InChI is InChI=1S/C24H22N2O3S/c1-3-16-13-20(27)14-30-23(16)26-22(18-10-7-11-19(12-18)24(28)29)15(2)21(25-26)17-8-5-4-6-9-17/h4-12,14,27H,3,13H2,1-2H3,(H,28,29). The van der Waals surface area contributed by atoms with Crippen molar-refractivity contribution in [2.45, 2.75) is 26.7 Å². The molecular formula is C24H22N2O3S. The second-order valence-electron chi connectivity index (χ2n) is 7.15. The van der Waals surface area contributed by atoms with E-state index in [2.05, 4.69) is 6.92 Å². The summed E-state index contributed by atoms with van der Waals surface area (Å²) in [5.74, 6) is -0.612. The molecule has 3 aromatic rings. The third-order valence-corrected chi connectivity index (χ3v) is 6.25. The Labute approximate surface area is 179 Å². The number of aromatic carboxylic acids is 1. The van der Waals surface area contributed by atoms with Crippen LogP contribution >= 0.6 is 11.8 Å². The molecule has 0 radical (unpaired) electrons. The average Bonchev–Trinajstić information content (AvgIpc) is 3.11. The van der Waals surface area contributed by atoms with E-state index >= 15 is 0 Å². The number of carbonyl (C=O) groups is 1. The van der Waals surface area contributed by atoms with Gasteiger partial charge in [0, 0.05) is 28.5 Å². The number of carboxylic acids is 1. The first-order valence-electron chi connectivity index (χ1n) is 9.75. The van der Waals surface area contributed by atoms with Crippen molar-refractivity contribution in [2.75, 3.05) is 0 Å². The van der Waals surface area contributed by atoms with E-state index < -0.39 is 5.97 Å². The monoisotopic (exact) mass is 418 g/mol. The van der Waals surface area contributed by atoms with Gasteiger partial charge in [-0.25, -0.2) is 9.48 Å². The van der Waals surface area contributed by atoms with Gasteiger partial charge >= 0.3 is 5.97 Å². The minimum absolute atomic E-state index is 0.236. The molecule has 1 aliphatic rings. The Morgan fingerprint density at radius 2 is 1.87 bits per heavy atom. The van der Waals surface area contributed by atoms with Crippen LogP contribution in [0.25, 0.3) is 27.5 Å². The number of hydrogen-bond acceptors (Lipinski definition) is 4. The molecule has 0 amide bonds. The highest BCUT2D eigenvalue weighted by molar-refractivity contribution is 8.10. The number of carboxylic acid groups (broad SMARTS) is 1. The fraction of sp³-hybridized carbons (Fsp3) is 0.167. The SMILES string of the molecule is CCC1=C(n2nc(-c3ccccc3)c(C)c2-c2cccc(C(=O)O)c2)SC=C(O)C1. The van der Waals surface area contributed by atoms with E-state index in [-0.39, 0.29) is 5.56 Å². The van der Waals surface area contributed by atoms with Crippen molar-refractivity contribution in [1.82, 2.24) is 9.78 Å². The first-order valence-corrected chi connectivity index (χ1v) is 10.6. The van der Waals surface area contributed by atoms with Gasteiger partial charge in [-0.3, -0.25) is 0 Å². The number of nitrogens with zero attached hydrogens (tertiary/aromatic N) is 2. The number of aliphatic hydroxyl groups is 1. The Morgan fingerprint density at radius 1 is 1.13 bits per heavy atom. The molecule has 2 heterocycles. The molecule has 4 rings (SSSR count). The summed E-state index contributed by atoms with van der Waals surface area (Å²) in [5.41, 5.74) is 5.82. The highest BCUT2D eigenvalue weighted by atomic mass is 32.2. The predicted molar refractivity (Wildman–Crippen MR) is 121 cm³/mol. The van der Waals surface area contributed by atoms with Crippen molar-refractivity contribution in [3.63, 3.8) is 0 Å². The van der Waals surface area contributed by atoms with Crippen LogP contribution in [0.15, 0.2) is 71.3 Å². The number of benzene rings is 2. The Hall–Kier alpha value is -3.25. The lowest BCUT2D eigenvalue weighted by atomic mass is 10.0. The Kier molecular flexibility index (Phi) is 5.50. The van der Waals surface area contributed by atoms with Crippen LogP contribution in [0.5, 0.6) is 0 Å². The van der Waals surface area contributed by atoms with E-state index in [1.54, 1.807) is 23.6 Å². The molecule has 5 nitrogen and oxygen atoms in total. The van der Waals surface area contributed by atoms with Crippen molar-refractivity contribution in [3.8, 4) is 22.5 Å². The van der Waals surface area contributed by atoms with Gasteiger partial charge in [0.25, 0.3) is 0 Å². The third-order valence-electron chi connectivity index (χ3n) is 5.18. The maximum atomic E-state index is 11.5. The summed E-state index contributed by atoms with van der Waals surface area (Å²) in [5, 5.41) is 27.1. The third kappa shape index (κ3) is 3.66. The normalized spacial score (nSPS) is 14.0. The van der Waals surface area contributed by atoms with Crippen LogP contribution in [0.3, 0.4) is 0 Å². The number of allylic oxidation sites excluding steroid dienone is 1. The van der Waals surface area contributed by atoms with Crippen LogP contribution < -0.4 is 0 Å². The average molecular weight is 419 g/mol. The minimum atomic E-state index is -0.961. The van der Waals surface area contributed by atoms with Gasteiger partial charge in [0.05, 0.1) is 17.0 Å². The van der Waals surface area contributed by atoms with E-state index in [4.69, 9.17) is 5.10 Å². The van der Waals surface area contributed by atoms with Gasteiger partial charge in [0.2, 0.25) is 0 Å². The maximum absolute atomic E-state index is 11.5.